The molecule has 3 aromatic carbocycles. The summed E-state index contributed by atoms with van der Waals surface area (Å²) in [5, 5.41) is 19.3. The Morgan fingerprint density at radius 2 is 1.61 bits per heavy atom. The Kier molecular flexibility index (Phi) is 8.12. The Bertz CT molecular complexity index is 1210. The van der Waals surface area contributed by atoms with Crippen LogP contribution in [0.15, 0.2) is 78.9 Å². The predicted octanol–water partition coefficient (Wildman–Crippen LogP) is 4.95. The molecule has 200 valence electrons. The number of aromatic hydroxyl groups is 1. The second kappa shape index (κ2) is 11.7. The average molecular weight is 514 g/mol. The number of carbonyl (C=O) groups is 1. The molecule has 0 amide bonds. The molecule has 2 heterocycles. The van der Waals surface area contributed by atoms with Gasteiger partial charge in [0.1, 0.15) is 5.75 Å². The topological polar surface area (TPSA) is 67.2 Å². The first-order valence-corrected chi connectivity index (χ1v) is 13.7. The van der Waals surface area contributed by atoms with Crippen LogP contribution in [0.25, 0.3) is 0 Å². The summed E-state index contributed by atoms with van der Waals surface area (Å²) >= 11 is 0. The van der Waals surface area contributed by atoms with E-state index in [1.807, 2.05) is 12.1 Å². The van der Waals surface area contributed by atoms with E-state index >= 15 is 0 Å². The number of hydrogen-bond donors (Lipinski definition) is 2. The van der Waals surface area contributed by atoms with Crippen LogP contribution < -0.4 is 0 Å². The molecular weight excluding hydrogens is 474 g/mol. The number of rotatable bonds is 9. The lowest BCUT2D eigenvalue weighted by Crippen LogP contribution is -2.56. The van der Waals surface area contributed by atoms with Crippen LogP contribution in [0.4, 0.5) is 0 Å². The highest BCUT2D eigenvalue weighted by molar-refractivity contribution is 5.66. The number of hydrogen-bond acceptors (Lipinski definition) is 5. The van der Waals surface area contributed by atoms with Crippen molar-refractivity contribution in [2.24, 2.45) is 0 Å². The zero-order chi connectivity index (χ0) is 26.6. The molecule has 38 heavy (non-hydrogen) atoms. The highest BCUT2D eigenvalue weighted by Crippen LogP contribution is 2.36. The van der Waals surface area contributed by atoms with E-state index in [1.54, 1.807) is 6.07 Å². The van der Waals surface area contributed by atoms with Crippen molar-refractivity contribution in [1.82, 2.24) is 14.7 Å². The van der Waals surface area contributed by atoms with Gasteiger partial charge in [0.25, 0.3) is 0 Å². The maximum Gasteiger partial charge on any atom is 0.304 e. The molecule has 3 aromatic rings. The van der Waals surface area contributed by atoms with Crippen LogP contribution in [-0.4, -0.2) is 75.7 Å². The molecule has 2 aliphatic heterocycles. The van der Waals surface area contributed by atoms with E-state index in [0.717, 1.165) is 38.3 Å². The van der Waals surface area contributed by atoms with Crippen LogP contribution in [0.5, 0.6) is 5.75 Å². The molecule has 6 heteroatoms. The molecule has 0 saturated carbocycles. The molecule has 2 N–H and O–H groups in total. The van der Waals surface area contributed by atoms with Gasteiger partial charge in [-0.2, -0.15) is 0 Å². The van der Waals surface area contributed by atoms with E-state index in [2.05, 4.69) is 89.2 Å². The highest BCUT2D eigenvalue weighted by Gasteiger charge is 2.35. The molecule has 5 rings (SSSR count). The van der Waals surface area contributed by atoms with Gasteiger partial charge in [-0.05, 0) is 48.2 Å². The lowest BCUT2D eigenvalue weighted by atomic mass is 9.88. The number of phenols is 1. The van der Waals surface area contributed by atoms with Crippen molar-refractivity contribution in [2.45, 2.75) is 50.9 Å². The third kappa shape index (κ3) is 6.09. The van der Waals surface area contributed by atoms with Crippen LogP contribution in [0, 0.1) is 0 Å². The summed E-state index contributed by atoms with van der Waals surface area (Å²) in [6.07, 6.45) is 0.201. The zero-order valence-corrected chi connectivity index (χ0v) is 22.4. The summed E-state index contributed by atoms with van der Waals surface area (Å²) in [4.78, 5) is 18.2. The van der Waals surface area contributed by atoms with E-state index in [9.17, 15) is 9.90 Å². The Morgan fingerprint density at radius 3 is 2.29 bits per heavy atom. The molecule has 0 aromatic heterocycles. The third-order valence-electron chi connectivity index (χ3n) is 8.23. The number of likely N-dealkylation sites (tertiary alicyclic amines) is 1. The fourth-order valence-corrected chi connectivity index (χ4v) is 6.06. The fourth-order valence-electron chi connectivity index (χ4n) is 6.06. The number of carboxylic acids is 1. The van der Waals surface area contributed by atoms with E-state index in [-0.39, 0.29) is 12.5 Å². The van der Waals surface area contributed by atoms with Gasteiger partial charge in [-0.25, -0.2) is 0 Å². The average Bonchev–Trinajstić information content (AvgIpc) is 2.87. The normalized spacial score (nSPS) is 22.2. The summed E-state index contributed by atoms with van der Waals surface area (Å²) in [7, 11) is 0. The first kappa shape index (κ1) is 26.4. The highest BCUT2D eigenvalue weighted by atomic mass is 16.4. The van der Waals surface area contributed by atoms with Gasteiger partial charge >= 0.3 is 5.97 Å². The summed E-state index contributed by atoms with van der Waals surface area (Å²) in [5.74, 6) is 0.0150. The van der Waals surface area contributed by atoms with E-state index < -0.39 is 5.97 Å². The minimum absolute atomic E-state index is 0.0564. The summed E-state index contributed by atoms with van der Waals surface area (Å²) in [6.45, 7) is 9.97. The van der Waals surface area contributed by atoms with E-state index in [0.29, 0.717) is 30.3 Å². The molecule has 0 bridgehead atoms. The van der Waals surface area contributed by atoms with Gasteiger partial charge in [-0.15, -0.1) is 0 Å². The van der Waals surface area contributed by atoms with Gasteiger partial charge in [-0.1, -0.05) is 66.7 Å². The first-order valence-electron chi connectivity index (χ1n) is 13.7. The first-order chi connectivity index (χ1) is 18.4. The van der Waals surface area contributed by atoms with Gasteiger partial charge in [0.2, 0.25) is 0 Å². The number of benzene rings is 3. The maximum absolute atomic E-state index is 10.9. The lowest BCUT2D eigenvalue weighted by molar-refractivity contribution is -0.137. The molecule has 2 fully saturated rings. The Morgan fingerprint density at radius 1 is 0.868 bits per heavy atom. The zero-order valence-electron chi connectivity index (χ0n) is 22.4. The van der Waals surface area contributed by atoms with Crippen molar-refractivity contribution < 1.29 is 15.0 Å². The quantitative estimate of drug-likeness (QED) is 0.422. The summed E-state index contributed by atoms with van der Waals surface area (Å²) in [5.41, 5.74) is 5.00. The summed E-state index contributed by atoms with van der Waals surface area (Å²) in [6, 6.07) is 28.2. The molecule has 2 aliphatic rings. The van der Waals surface area contributed by atoms with Crippen molar-refractivity contribution >= 4 is 5.97 Å². The van der Waals surface area contributed by atoms with Gasteiger partial charge in [-0.3, -0.25) is 14.6 Å². The van der Waals surface area contributed by atoms with Gasteiger partial charge in [0.15, 0.2) is 0 Å². The van der Waals surface area contributed by atoms with Crippen LogP contribution in [0.1, 0.15) is 54.5 Å². The van der Waals surface area contributed by atoms with Crippen molar-refractivity contribution in [3.63, 3.8) is 0 Å². The Balaban J connectivity index is 1.33. The number of piperazine rings is 1. The predicted molar refractivity (Wildman–Crippen MR) is 150 cm³/mol. The Labute approximate surface area is 226 Å². The molecule has 0 radical (unpaired) electrons. The number of carboxylic acid groups (broad SMARTS) is 1. The van der Waals surface area contributed by atoms with Crippen molar-refractivity contribution in [3.8, 4) is 5.75 Å². The number of aliphatic carboxylic acids is 1. The van der Waals surface area contributed by atoms with Crippen molar-refractivity contribution in [2.75, 3.05) is 32.7 Å². The van der Waals surface area contributed by atoms with Crippen LogP contribution in [0.3, 0.4) is 0 Å². The van der Waals surface area contributed by atoms with Crippen molar-refractivity contribution in [1.29, 1.82) is 0 Å². The second-order valence-electron chi connectivity index (χ2n) is 11.1. The molecule has 2 saturated heterocycles. The molecule has 0 unspecified atom stereocenters. The van der Waals surface area contributed by atoms with Crippen LogP contribution in [0.2, 0.25) is 0 Å². The number of nitrogens with zero attached hydrogens (tertiary/aromatic N) is 3. The van der Waals surface area contributed by atoms with Gasteiger partial charge < -0.3 is 15.1 Å². The molecule has 0 spiro atoms. The smallest absolute Gasteiger partial charge is 0.304 e. The number of phenolic OH excluding ortho intramolecular Hbond substituents is 1. The van der Waals surface area contributed by atoms with Crippen molar-refractivity contribution in [3.05, 3.63) is 101 Å². The summed E-state index contributed by atoms with van der Waals surface area (Å²) < 4.78 is 0. The molecule has 0 aliphatic carbocycles. The molecular formula is C32H39N3O3. The SMILES string of the molecule is C[C@@H]1CN([C@H](c2ccc(C3CN(CCC(=O)O)C3)cc2)c2cccc(O)c2)[C@@H](C)CN1Cc1ccccc1. The maximum atomic E-state index is 10.9. The van der Waals surface area contributed by atoms with Gasteiger partial charge in [0, 0.05) is 57.3 Å². The Hall–Kier alpha value is -3.19. The third-order valence-corrected chi connectivity index (χ3v) is 8.23. The molecule has 3 atom stereocenters. The largest absolute Gasteiger partial charge is 0.508 e. The minimum atomic E-state index is -0.736. The van der Waals surface area contributed by atoms with Crippen LogP contribution >= 0.6 is 0 Å². The molecule has 6 nitrogen and oxygen atoms in total. The fraction of sp³-hybridized carbons (Fsp3) is 0.406. The second-order valence-corrected chi connectivity index (χ2v) is 11.1. The monoisotopic (exact) mass is 513 g/mol. The standard InChI is InChI=1S/C32H39N3O3/c1-23-19-35(24(2)18-34(23)20-25-7-4-3-5-8-25)32(28-9-6-10-30(36)17-28)27-13-11-26(12-14-27)29-21-33(22-29)16-15-31(37)38/h3-14,17,23-24,29,32,36H,15-16,18-22H2,1-2H3,(H,37,38)/t23-,24+,32-/m1/s1. The van der Waals surface area contributed by atoms with E-state index in [4.69, 9.17) is 5.11 Å². The van der Waals surface area contributed by atoms with Crippen LogP contribution in [-0.2, 0) is 11.3 Å². The van der Waals surface area contributed by atoms with Gasteiger partial charge in [0.05, 0.1) is 12.5 Å². The minimum Gasteiger partial charge on any atom is -0.508 e. The van der Waals surface area contributed by atoms with E-state index in [1.165, 1.54) is 16.7 Å². The lowest BCUT2D eigenvalue weighted by Gasteiger charge is -2.48.